The molecule has 0 aliphatic carbocycles. The zero-order valence-corrected chi connectivity index (χ0v) is 18.8. The first-order valence-electron chi connectivity index (χ1n) is 9.07. The molecule has 1 aromatic carbocycles. The van der Waals surface area contributed by atoms with Crippen LogP contribution in [0.1, 0.15) is 41.0 Å². The number of rotatable bonds is 7. The molecular formula is C20H29BrN2O5. The minimum Gasteiger partial charge on any atom is -0.459 e. The number of halogens is 1. The second-order valence-corrected chi connectivity index (χ2v) is 8.85. The van der Waals surface area contributed by atoms with Gasteiger partial charge in [0.05, 0.1) is 0 Å². The highest BCUT2D eigenvalue weighted by Crippen LogP contribution is 2.16. The van der Waals surface area contributed by atoms with Crippen LogP contribution in [0, 0.1) is 5.92 Å². The SMILES string of the molecule is CC(C)C[C@H](OC(=O)Nc1ccc(Br)cc1)C(=O)N(C)CC(=O)OC(C)(C)C. The molecule has 2 amide bonds. The van der Waals surface area contributed by atoms with Crippen LogP contribution in [0.15, 0.2) is 28.7 Å². The van der Waals surface area contributed by atoms with Gasteiger partial charge < -0.3 is 14.4 Å². The molecule has 156 valence electrons. The second kappa shape index (κ2) is 10.5. The first-order chi connectivity index (χ1) is 12.9. The van der Waals surface area contributed by atoms with E-state index in [1.54, 1.807) is 45.0 Å². The van der Waals surface area contributed by atoms with Crippen molar-refractivity contribution in [3.63, 3.8) is 0 Å². The van der Waals surface area contributed by atoms with E-state index in [0.29, 0.717) is 12.1 Å². The standard InChI is InChI=1S/C20H29BrN2O5/c1-13(2)11-16(18(25)23(6)12-17(24)28-20(3,4)5)27-19(26)22-15-9-7-14(21)8-10-15/h7-10,13,16H,11-12H2,1-6H3,(H,22,26)/t16-/m0/s1. The summed E-state index contributed by atoms with van der Waals surface area (Å²) in [7, 11) is 1.48. The number of likely N-dealkylation sites (N-methyl/N-ethyl adjacent to an activating group) is 1. The van der Waals surface area contributed by atoms with Crippen LogP contribution in [-0.2, 0) is 19.1 Å². The summed E-state index contributed by atoms with van der Waals surface area (Å²) in [5, 5.41) is 2.59. The largest absolute Gasteiger partial charge is 0.459 e. The maximum absolute atomic E-state index is 12.7. The molecule has 0 bridgehead atoms. The van der Waals surface area contributed by atoms with Gasteiger partial charge in [-0.25, -0.2) is 4.79 Å². The highest BCUT2D eigenvalue weighted by Gasteiger charge is 2.29. The van der Waals surface area contributed by atoms with Gasteiger partial charge in [0.15, 0.2) is 6.10 Å². The number of carbonyl (C=O) groups excluding carboxylic acids is 3. The molecule has 0 fully saturated rings. The van der Waals surface area contributed by atoms with E-state index in [1.807, 2.05) is 13.8 Å². The Morgan fingerprint density at radius 2 is 1.71 bits per heavy atom. The van der Waals surface area contributed by atoms with Crippen LogP contribution in [0.4, 0.5) is 10.5 Å². The highest BCUT2D eigenvalue weighted by molar-refractivity contribution is 9.10. The molecule has 0 saturated carbocycles. The molecular weight excluding hydrogens is 428 g/mol. The third-order valence-corrected chi connectivity index (χ3v) is 3.99. The Labute approximate surface area is 174 Å². The maximum atomic E-state index is 12.7. The fraction of sp³-hybridized carbons (Fsp3) is 0.550. The average molecular weight is 457 g/mol. The van der Waals surface area contributed by atoms with Crippen molar-refractivity contribution in [3.8, 4) is 0 Å². The van der Waals surface area contributed by atoms with Crippen molar-refractivity contribution in [2.45, 2.75) is 52.7 Å². The van der Waals surface area contributed by atoms with Crippen LogP contribution in [0.2, 0.25) is 0 Å². The smallest absolute Gasteiger partial charge is 0.412 e. The first-order valence-corrected chi connectivity index (χ1v) is 9.86. The van der Waals surface area contributed by atoms with Crippen LogP contribution in [-0.4, -0.2) is 48.2 Å². The molecule has 7 nitrogen and oxygen atoms in total. The third-order valence-electron chi connectivity index (χ3n) is 3.46. The molecule has 0 spiro atoms. The van der Waals surface area contributed by atoms with E-state index < -0.39 is 29.7 Å². The van der Waals surface area contributed by atoms with E-state index in [-0.39, 0.29) is 12.5 Å². The van der Waals surface area contributed by atoms with Gasteiger partial charge in [0.1, 0.15) is 12.1 Å². The predicted molar refractivity (Wildman–Crippen MR) is 111 cm³/mol. The number of carbonyl (C=O) groups is 3. The number of anilines is 1. The topological polar surface area (TPSA) is 84.9 Å². The second-order valence-electron chi connectivity index (χ2n) is 7.94. The molecule has 1 atom stereocenters. The van der Waals surface area contributed by atoms with E-state index in [2.05, 4.69) is 21.2 Å². The number of ether oxygens (including phenoxy) is 2. The summed E-state index contributed by atoms with van der Waals surface area (Å²) in [4.78, 5) is 38.1. The molecule has 1 N–H and O–H groups in total. The van der Waals surface area contributed by atoms with Crippen molar-refractivity contribution in [2.24, 2.45) is 5.92 Å². The van der Waals surface area contributed by atoms with Gasteiger partial charge >= 0.3 is 12.1 Å². The molecule has 0 aromatic heterocycles. The lowest BCUT2D eigenvalue weighted by Gasteiger charge is -2.26. The third kappa shape index (κ3) is 9.21. The normalized spacial score (nSPS) is 12.3. The van der Waals surface area contributed by atoms with Crippen LogP contribution in [0.5, 0.6) is 0 Å². The molecule has 0 radical (unpaired) electrons. The highest BCUT2D eigenvalue weighted by atomic mass is 79.9. The van der Waals surface area contributed by atoms with E-state index in [9.17, 15) is 14.4 Å². The van der Waals surface area contributed by atoms with Crippen LogP contribution in [0.25, 0.3) is 0 Å². The Morgan fingerprint density at radius 3 is 2.21 bits per heavy atom. The molecule has 28 heavy (non-hydrogen) atoms. The van der Waals surface area contributed by atoms with Crippen LogP contribution < -0.4 is 5.32 Å². The van der Waals surface area contributed by atoms with Crippen LogP contribution >= 0.6 is 15.9 Å². The number of hydrogen-bond donors (Lipinski definition) is 1. The van der Waals surface area contributed by atoms with Crippen molar-refractivity contribution in [2.75, 3.05) is 18.9 Å². The van der Waals surface area contributed by atoms with Crippen molar-refractivity contribution in [1.29, 1.82) is 0 Å². The summed E-state index contributed by atoms with van der Waals surface area (Å²) < 4.78 is 11.5. The fourth-order valence-electron chi connectivity index (χ4n) is 2.33. The zero-order valence-electron chi connectivity index (χ0n) is 17.2. The Kier molecular flexibility index (Phi) is 8.94. The summed E-state index contributed by atoms with van der Waals surface area (Å²) >= 11 is 3.32. The van der Waals surface area contributed by atoms with Crippen molar-refractivity contribution in [1.82, 2.24) is 4.90 Å². The molecule has 0 saturated heterocycles. The molecule has 0 aliphatic rings. The van der Waals surface area contributed by atoms with E-state index in [0.717, 1.165) is 4.47 Å². The lowest BCUT2D eigenvalue weighted by molar-refractivity contribution is -0.159. The summed E-state index contributed by atoms with van der Waals surface area (Å²) in [6, 6.07) is 6.97. The van der Waals surface area contributed by atoms with Crippen molar-refractivity contribution in [3.05, 3.63) is 28.7 Å². The lowest BCUT2D eigenvalue weighted by atomic mass is 10.1. The van der Waals surface area contributed by atoms with Crippen molar-refractivity contribution >= 4 is 39.6 Å². The quantitative estimate of drug-likeness (QED) is 0.620. The van der Waals surface area contributed by atoms with Crippen LogP contribution in [0.3, 0.4) is 0 Å². The Bertz CT molecular complexity index is 683. The molecule has 1 aromatic rings. The summed E-state index contributed by atoms with van der Waals surface area (Å²) in [6.07, 6.45) is -1.39. The molecule has 8 heteroatoms. The van der Waals surface area contributed by atoms with Gasteiger partial charge in [-0.1, -0.05) is 29.8 Å². The Balaban J connectivity index is 2.74. The number of benzene rings is 1. The summed E-state index contributed by atoms with van der Waals surface area (Å²) in [5.74, 6) is -0.860. The Morgan fingerprint density at radius 1 is 1.14 bits per heavy atom. The minimum atomic E-state index is -0.997. The van der Waals surface area contributed by atoms with E-state index in [4.69, 9.17) is 9.47 Å². The first kappa shape index (κ1) is 23.9. The van der Waals surface area contributed by atoms with E-state index >= 15 is 0 Å². The molecule has 0 unspecified atom stereocenters. The van der Waals surface area contributed by atoms with Gasteiger partial charge in [0, 0.05) is 17.2 Å². The van der Waals surface area contributed by atoms with Gasteiger partial charge in [-0.15, -0.1) is 0 Å². The predicted octanol–water partition coefficient (Wildman–Crippen LogP) is 4.21. The maximum Gasteiger partial charge on any atom is 0.412 e. The molecule has 1 rings (SSSR count). The molecule has 0 aliphatic heterocycles. The number of hydrogen-bond acceptors (Lipinski definition) is 5. The fourth-order valence-corrected chi connectivity index (χ4v) is 2.59. The van der Waals surface area contributed by atoms with Crippen molar-refractivity contribution < 1.29 is 23.9 Å². The number of nitrogens with one attached hydrogen (secondary N) is 1. The Hall–Kier alpha value is -2.09. The van der Waals surface area contributed by atoms with Gasteiger partial charge in [-0.2, -0.15) is 0 Å². The lowest BCUT2D eigenvalue weighted by Crippen LogP contribution is -2.43. The monoisotopic (exact) mass is 456 g/mol. The summed E-state index contributed by atoms with van der Waals surface area (Å²) in [5.41, 5.74) is -0.0922. The minimum absolute atomic E-state index is 0.115. The molecule has 0 heterocycles. The van der Waals surface area contributed by atoms with Gasteiger partial charge in [0.2, 0.25) is 0 Å². The average Bonchev–Trinajstić information content (AvgIpc) is 2.53. The van der Waals surface area contributed by atoms with E-state index in [1.165, 1.54) is 11.9 Å². The zero-order chi connectivity index (χ0) is 21.5. The number of amides is 2. The van der Waals surface area contributed by atoms with Gasteiger partial charge in [-0.3, -0.25) is 14.9 Å². The number of esters is 1. The van der Waals surface area contributed by atoms with Gasteiger partial charge in [0.25, 0.3) is 5.91 Å². The summed E-state index contributed by atoms with van der Waals surface area (Å²) in [6.45, 7) is 8.88. The van der Waals surface area contributed by atoms with Gasteiger partial charge in [-0.05, 0) is 57.4 Å². The number of nitrogens with zero attached hydrogens (tertiary/aromatic N) is 1.